The molecule has 5 atom stereocenters. The van der Waals surface area contributed by atoms with Crippen LogP contribution in [0.3, 0.4) is 0 Å². The van der Waals surface area contributed by atoms with Gasteiger partial charge in [0.05, 0.1) is 31.8 Å². The summed E-state index contributed by atoms with van der Waals surface area (Å²) in [6.45, 7) is 0.321. The summed E-state index contributed by atoms with van der Waals surface area (Å²) in [7, 11) is 5.30. The fraction of sp³-hybridized carbons (Fsp3) is 0.500. The van der Waals surface area contributed by atoms with Crippen molar-refractivity contribution in [3.8, 4) is 5.75 Å². The van der Waals surface area contributed by atoms with Crippen molar-refractivity contribution in [3.63, 3.8) is 0 Å². The number of aryl methyl sites for hydroxylation is 1. The van der Waals surface area contributed by atoms with E-state index in [1.807, 2.05) is 49.3 Å². The third-order valence-corrected chi connectivity index (χ3v) is 7.68. The molecule has 0 radical (unpaired) electrons. The summed E-state index contributed by atoms with van der Waals surface area (Å²) in [6.07, 6.45) is -5.47. The topological polar surface area (TPSA) is 43.3 Å². The number of amidine groups is 1. The molecule has 0 spiro atoms. The Kier molecular flexibility index (Phi) is 8.29. The molecule has 35 heavy (non-hydrogen) atoms. The molecule has 5 nitrogen and oxygen atoms in total. The molecule has 2 aromatic carbocycles. The maximum absolute atomic E-state index is 14.3. The van der Waals surface area contributed by atoms with Crippen LogP contribution >= 0.6 is 11.8 Å². The number of thioether (sulfide) groups is 1. The Morgan fingerprint density at radius 2 is 1.80 bits per heavy atom. The van der Waals surface area contributed by atoms with E-state index in [9.17, 15) is 13.2 Å². The minimum atomic E-state index is -4.39. The normalized spacial score (nSPS) is 25.0. The highest BCUT2D eigenvalue weighted by Crippen LogP contribution is 2.44. The van der Waals surface area contributed by atoms with Gasteiger partial charge in [-0.3, -0.25) is 4.99 Å². The van der Waals surface area contributed by atoms with Crippen molar-refractivity contribution in [3.05, 3.63) is 65.7 Å². The Balaban J connectivity index is 1.50. The molecule has 0 aliphatic carbocycles. The lowest BCUT2D eigenvalue weighted by Crippen LogP contribution is -2.50. The van der Waals surface area contributed by atoms with Crippen molar-refractivity contribution >= 4 is 16.9 Å². The molecule has 9 heteroatoms. The molecule has 2 aliphatic heterocycles. The number of fused-ring (bicyclic) bond motifs is 1. The minimum Gasteiger partial charge on any atom is -0.497 e. The second-order valence-electron chi connectivity index (χ2n) is 9.06. The zero-order chi connectivity index (χ0) is 25.0. The van der Waals surface area contributed by atoms with E-state index >= 15 is 0 Å². The first kappa shape index (κ1) is 25.9. The van der Waals surface area contributed by atoms with E-state index in [2.05, 4.69) is 0 Å². The van der Waals surface area contributed by atoms with Gasteiger partial charge in [0.1, 0.15) is 17.2 Å². The molecule has 4 rings (SSSR count). The number of rotatable bonds is 8. The van der Waals surface area contributed by atoms with Gasteiger partial charge in [-0.15, -0.1) is 0 Å². The number of halogens is 3. The number of methoxy groups -OCH3 is 1. The van der Waals surface area contributed by atoms with E-state index in [1.54, 1.807) is 31.4 Å². The summed E-state index contributed by atoms with van der Waals surface area (Å²) in [4.78, 5) is 6.59. The number of benzene rings is 2. The lowest BCUT2D eigenvalue weighted by atomic mass is 9.87. The van der Waals surface area contributed by atoms with Crippen LogP contribution in [0, 0.1) is 5.92 Å². The maximum Gasteiger partial charge on any atom is 0.394 e. The Labute approximate surface area is 208 Å². The maximum atomic E-state index is 14.3. The highest BCUT2D eigenvalue weighted by Gasteiger charge is 2.52. The van der Waals surface area contributed by atoms with Gasteiger partial charge in [0.15, 0.2) is 5.17 Å². The second-order valence-corrected chi connectivity index (χ2v) is 10.1. The summed E-state index contributed by atoms with van der Waals surface area (Å²) in [5, 5.41) is 0.746. The minimum absolute atomic E-state index is 0.0602. The fourth-order valence-corrected chi connectivity index (χ4v) is 5.63. The highest BCUT2D eigenvalue weighted by molar-refractivity contribution is 8.14. The van der Waals surface area contributed by atoms with Crippen LogP contribution in [0.2, 0.25) is 0 Å². The average Bonchev–Trinajstić information content (AvgIpc) is 3.28. The summed E-state index contributed by atoms with van der Waals surface area (Å²) < 4.78 is 60.2. The van der Waals surface area contributed by atoms with Crippen molar-refractivity contribution in [2.24, 2.45) is 10.9 Å². The number of nitrogens with zero attached hydrogens (tertiary/aromatic N) is 2. The lowest BCUT2D eigenvalue weighted by Gasteiger charge is -2.40. The number of ether oxygens (including phenoxy) is 3. The van der Waals surface area contributed by atoms with E-state index in [0.29, 0.717) is 18.8 Å². The van der Waals surface area contributed by atoms with Crippen LogP contribution in [0.5, 0.6) is 5.75 Å². The summed E-state index contributed by atoms with van der Waals surface area (Å²) in [6, 6.07) is 16.4. The zero-order valence-corrected chi connectivity index (χ0v) is 20.9. The first-order valence-corrected chi connectivity index (χ1v) is 12.5. The largest absolute Gasteiger partial charge is 0.497 e. The quantitative estimate of drug-likeness (QED) is 0.469. The van der Waals surface area contributed by atoms with Gasteiger partial charge in [0, 0.05) is 20.5 Å². The lowest BCUT2D eigenvalue weighted by molar-refractivity contribution is -0.227. The molecule has 0 bridgehead atoms. The first-order valence-electron chi connectivity index (χ1n) is 11.7. The number of aliphatic imine (C=N–C) groups is 1. The van der Waals surface area contributed by atoms with E-state index in [0.717, 1.165) is 16.3 Å². The van der Waals surface area contributed by atoms with Crippen LogP contribution in [0.1, 0.15) is 24.0 Å². The van der Waals surface area contributed by atoms with Crippen molar-refractivity contribution in [2.75, 3.05) is 21.2 Å². The van der Waals surface area contributed by atoms with E-state index in [1.165, 1.54) is 11.8 Å². The van der Waals surface area contributed by atoms with Crippen molar-refractivity contribution in [1.82, 2.24) is 4.90 Å². The van der Waals surface area contributed by atoms with Crippen molar-refractivity contribution < 1.29 is 27.4 Å². The monoisotopic (exact) mass is 508 g/mol. The number of hydrogen-bond donors (Lipinski definition) is 0. The summed E-state index contributed by atoms with van der Waals surface area (Å²) in [5.74, 6) is -0.923. The first-order chi connectivity index (χ1) is 16.7. The molecule has 2 aliphatic rings. The van der Waals surface area contributed by atoms with Crippen LogP contribution in [-0.4, -0.2) is 61.1 Å². The number of alkyl halides is 3. The predicted molar refractivity (Wildman–Crippen MR) is 132 cm³/mol. The molecular weight excluding hydrogens is 477 g/mol. The van der Waals surface area contributed by atoms with Crippen LogP contribution in [0.25, 0.3) is 0 Å². The van der Waals surface area contributed by atoms with Crippen LogP contribution in [0.15, 0.2) is 59.6 Å². The molecule has 0 saturated carbocycles. The van der Waals surface area contributed by atoms with Crippen molar-refractivity contribution in [2.45, 2.75) is 55.7 Å². The van der Waals surface area contributed by atoms with Gasteiger partial charge in [0.2, 0.25) is 0 Å². The van der Waals surface area contributed by atoms with E-state index in [-0.39, 0.29) is 18.9 Å². The SMILES string of the molecule is COc1ccc(CCC(C2CC(OCc3ccccc3)C3N=C(N(C)C)SC3O2)C(F)(F)F)cc1. The summed E-state index contributed by atoms with van der Waals surface area (Å²) in [5.41, 5.74) is 1.30. The van der Waals surface area contributed by atoms with Gasteiger partial charge >= 0.3 is 6.18 Å². The molecule has 0 N–H and O–H groups in total. The van der Waals surface area contributed by atoms with Crippen LogP contribution in [0.4, 0.5) is 13.2 Å². The van der Waals surface area contributed by atoms with Crippen LogP contribution < -0.4 is 4.74 Å². The molecule has 190 valence electrons. The molecule has 0 aromatic heterocycles. The number of hydrogen-bond acceptors (Lipinski definition) is 6. The molecule has 2 heterocycles. The Hall–Kier alpha value is -2.23. The standard InChI is InChI=1S/C26H31F3N2O3S/c1-31(2)25-30-23-22(33-16-18-7-5-4-6-8-18)15-21(34-24(23)35-25)20(26(27,28)29)14-11-17-9-12-19(32-3)13-10-17/h4-10,12-13,20-24H,11,14-16H2,1-3H3. The molecule has 0 amide bonds. The van der Waals surface area contributed by atoms with Gasteiger partial charge in [-0.1, -0.05) is 54.2 Å². The molecule has 5 unspecified atom stereocenters. The van der Waals surface area contributed by atoms with E-state index < -0.39 is 29.7 Å². The van der Waals surface area contributed by atoms with Gasteiger partial charge < -0.3 is 19.1 Å². The molecule has 2 aromatic rings. The third-order valence-electron chi connectivity index (χ3n) is 6.38. The zero-order valence-electron chi connectivity index (χ0n) is 20.1. The Morgan fingerprint density at radius 1 is 1.09 bits per heavy atom. The highest BCUT2D eigenvalue weighted by atomic mass is 32.2. The Morgan fingerprint density at radius 3 is 2.43 bits per heavy atom. The summed E-state index contributed by atoms with van der Waals surface area (Å²) >= 11 is 1.37. The molecule has 1 fully saturated rings. The van der Waals surface area contributed by atoms with Gasteiger partial charge in [0.25, 0.3) is 0 Å². The van der Waals surface area contributed by atoms with Gasteiger partial charge in [-0.25, -0.2) is 0 Å². The molecular formula is C26H31F3N2O3S. The van der Waals surface area contributed by atoms with Gasteiger partial charge in [-0.2, -0.15) is 13.2 Å². The van der Waals surface area contributed by atoms with Crippen molar-refractivity contribution in [1.29, 1.82) is 0 Å². The smallest absolute Gasteiger partial charge is 0.394 e. The predicted octanol–water partition coefficient (Wildman–Crippen LogP) is 5.54. The second kappa shape index (κ2) is 11.2. The van der Waals surface area contributed by atoms with Crippen LogP contribution in [-0.2, 0) is 22.5 Å². The average molecular weight is 509 g/mol. The van der Waals surface area contributed by atoms with E-state index in [4.69, 9.17) is 19.2 Å². The third kappa shape index (κ3) is 6.51. The Bertz CT molecular complexity index is 986. The molecule has 1 saturated heterocycles. The van der Waals surface area contributed by atoms with Gasteiger partial charge in [-0.05, 0) is 36.1 Å². The fourth-order valence-electron chi connectivity index (χ4n) is 4.45.